The maximum absolute atomic E-state index is 3.50. The van der Waals surface area contributed by atoms with Gasteiger partial charge in [0.15, 0.2) is 5.69 Å². The van der Waals surface area contributed by atoms with Gasteiger partial charge < -0.3 is 0 Å². The normalized spacial score (nSPS) is 10.7. The van der Waals surface area contributed by atoms with Gasteiger partial charge in [0.1, 0.15) is 7.05 Å². The number of pyridine rings is 1. The Morgan fingerprint density at radius 2 is 1.41 bits per heavy atom. The van der Waals surface area contributed by atoms with E-state index in [1.165, 1.54) is 31.6 Å². The molecule has 1 heterocycles. The van der Waals surface area contributed by atoms with Crippen molar-refractivity contribution in [2.45, 2.75) is 6.92 Å². The van der Waals surface area contributed by atoms with E-state index in [1.807, 2.05) is 0 Å². The van der Waals surface area contributed by atoms with E-state index in [9.17, 15) is 0 Å². The van der Waals surface area contributed by atoms with Crippen molar-refractivity contribution in [3.05, 3.63) is 74.4 Å². The third-order valence-corrected chi connectivity index (χ3v) is 5.11. The minimum absolute atomic E-state index is 1.10. The standard InChI is InChI=1S/C19H16BrIN/c1-13-11-16(14-5-9-18(21)10-6-14)12-19(22(13)2)15-3-7-17(20)8-4-15/h3-12H,1-2H3/q+1. The molecule has 0 atom stereocenters. The molecular weight excluding hydrogens is 449 g/mol. The Balaban J connectivity index is 2.14. The summed E-state index contributed by atoms with van der Waals surface area (Å²) < 4.78 is 4.59. The number of hydrogen-bond donors (Lipinski definition) is 0. The lowest BCUT2D eigenvalue weighted by Crippen LogP contribution is -2.34. The van der Waals surface area contributed by atoms with Gasteiger partial charge in [0.25, 0.3) is 0 Å². The van der Waals surface area contributed by atoms with Gasteiger partial charge in [0, 0.05) is 32.7 Å². The summed E-state index contributed by atoms with van der Waals surface area (Å²) in [5.41, 5.74) is 6.20. The average Bonchev–Trinajstić information content (AvgIpc) is 2.52. The van der Waals surface area contributed by atoms with E-state index in [2.05, 4.69) is 118 Å². The zero-order valence-corrected chi connectivity index (χ0v) is 16.2. The Labute approximate surface area is 153 Å². The summed E-state index contributed by atoms with van der Waals surface area (Å²) in [6, 6.07) is 21.6. The first kappa shape index (κ1) is 15.7. The number of benzene rings is 2. The summed E-state index contributed by atoms with van der Waals surface area (Å²) >= 11 is 5.84. The van der Waals surface area contributed by atoms with Crippen molar-refractivity contribution < 1.29 is 4.57 Å². The third kappa shape index (κ3) is 3.25. The Hall–Kier alpha value is -1.20. The van der Waals surface area contributed by atoms with E-state index >= 15 is 0 Å². The molecule has 0 fully saturated rings. The molecule has 1 aromatic heterocycles. The molecule has 22 heavy (non-hydrogen) atoms. The molecule has 0 saturated carbocycles. The summed E-state index contributed by atoms with van der Waals surface area (Å²) in [4.78, 5) is 0. The molecule has 110 valence electrons. The molecule has 3 rings (SSSR count). The molecule has 1 nitrogen and oxygen atoms in total. The minimum atomic E-state index is 1.10. The van der Waals surface area contributed by atoms with Gasteiger partial charge in [-0.15, -0.1) is 0 Å². The van der Waals surface area contributed by atoms with Crippen LogP contribution in [0, 0.1) is 10.5 Å². The molecule has 2 aromatic carbocycles. The average molecular weight is 465 g/mol. The summed E-state index contributed by atoms with van der Waals surface area (Å²) in [5.74, 6) is 0. The molecule has 3 heteroatoms. The highest BCUT2D eigenvalue weighted by Gasteiger charge is 2.15. The van der Waals surface area contributed by atoms with Crippen molar-refractivity contribution in [3.8, 4) is 22.4 Å². The summed E-state index contributed by atoms with van der Waals surface area (Å²) in [7, 11) is 2.12. The lowest BCUT2D eigenvalue weighted by Gasteiger charge is -2.08. The second-order valence-corrected chi connectivity index (χ2v) is 7.50. The largest absolute Gasteiger partial charge is 0.213 e. The fraction of sp³-hybridized carbons (Fsp3) is 0.105. The lowest BCUT2D eigenvalue weighted by molar-refractivity contribution is -0.666. The molecule has 0 bridgehead atoms. The molecule has 0 aliphatic rings. The van der Waals surface area contributed by atoms with Crippen molar-refractivity contribution in [2.24, 2.45) is 7.05 Å². The van der Waals surface area contributed by atoms with Crippen LogP contribution in [-0.2, 0) is 7.05 Å². The van der Waals surface area contributed by atoms with Gasteiger partial charge in [0.2, 0.25) is 5.69 Å². The summed E-state index contributed by atoms with van der Waals surface area (Å²) in [6.07, 6.45) is 0. The number of aromatic nitrogens is 1. The second-order valence-electron chi connectivity index (χ2n) is 5.34. The zero-order valence-electron chi connectivity index (χ0n) is 12.5. The summed E-state index contributed by atoms with van der Waals surface area (Å²) in [6.45, 7) is 2.15. The van der Waals surface area contributed by atoms with E-state index in [0.717, 1.165) is 4.47 Å². The lowest BCUT2D eigenvalue weighted by atomic mass is 10.0. The van der Waals surface area contributed by atoms with E-state index < -0.39 is 0 Å². The molecule has 0 spiro atoms. The van der Waals surface area contributed by atoms with Gasteiger partial charge in [-0.1, -0.05) is 28.1 Å². The van der Waals surface area contributed by atoms with Crippen LogP contribution in [0.25, 0.3) is 22.4 Å². The first-order valence-electron chi connectivity index (χ1n) is 7.07. The van der Waals surface area contributed by atoms with E-state index in [4.69, 9.17) is 0 Å². The molecule has 0 unspecified atom stereocenters. The van der Waals surface area contributed by atoms with E-state index in [-0.39, 0.29) is 0 Å². The molecule has 0 radical (unpaired) electrons. The zero-order chi connectivity index (χ0) is 15.7. The van der Waals surface area contributed by atoms with Crippen LogP contribution in [0.4, 0.5) is 0 Å². The SMILES string of the molecule is Cc1cc(-c2ccc(I)cc2)cc(-c2ccc(Br)cc2)[n+]1C. The van der Waals surface area contributed by atoms with Crippen LogP contribution in [-0.4, -0.2) is 0 Å². The quantitative estimate of drug-likeness (QED) is 0.347. The number of aryl methyl sites for hydroxylation is 1. The van der Waals surface area contributed by atoms with Crippen LogP contribution < -0.4 is 4.57 Å². The Bertz CT molecular complexity index is 808. The molecule has 0 N–H and O–H groups in total. The molecule has 0 aliphatic carbocycles. The van der Waals surface area contributed by atoms with Crippen molar-refractivity contribution in [1.82, 2.24) is 0 Å². The number of nitrogens with zero attached hydrogens (tertiary/aromatic N) is 1. The first-order valence-corrected chi connectivity index (χ1v) is 8.94. The van der Waals surface area contributed by atoms with Gasteiger partial charge in [-0.2, -0.15) is 4.57 Å². The number of halogens is 2. The predicted molar refractivity (Wildman–Crippen MR) is 104 cm³/mol. The van der Waals surface area contributed by atoms with E-state index in [1.54, 1.807) is 0 Å². The number of hydrogen-bond acceptors (Lipinski definition) is 0. The molecular formula is C19H16BrIN+. The van der Waals surface area contributed by atoms with Gasteiger partial charge >= 0.3 is 0 Å². The first-order chi connectivity index (χ1) is 10.5. The third-order valence-electron chi connectivity index (χ3n) is 3.86. The van der Waals surface area contributed by atoms with Crippen molar-refractivity contribution >= 4 is 38.5 Å². The second kappa shape index (κ2) is 6.50. The molecule has 0 saturated heterocycles. The van der Waals surface area contributed by atoms with Crippen LogP contribution in [0.3, 0.4) is 0 Å². The smallest absolute Gasteiger partial charge is 0.199 e. The van der Waals surface area contributed by atoms with Gasteiger partial charge in [-0.25, -0.2) is 0 Å². The van der Waals surface area contributed by atoms with Gasteiger partial charge in [0.05, 0.1) is 0 Å². The van der Waals surface area contributed by atoms with Crippen LogP contribution in [0.15, 0.2) is 65.1 Å². The topological polar surface area (TPSA) is 3.88 Å². The van der Waals surface area contributed by atoms with Crippen molar-refractivity contribution in [3.63, 3.8) is 0 Å². The van der Waals surface area contributed by atoms with Gasteiger partial charge in [-0.05, 0) is 70.1 Å². The Morgan fingerprint density at radius 3 is 2.05 bits per heavy atom. The van der Waals surface area contributed by atoms with Crippen molar-refractivity contribution in [2.75, 3.05) is 0 Å². The maximum atomic E-state index is 3.50. The Morgan fingerprint density at radius 1 is 0.818 bits per heavy atom. The van der Waals surface area contributed by atoms with Crippen LogP contribution in [0.5, 0.6) is 0 Å². The Kier molecular flexibility index (Phi) is 4.64. The fourth-order valence-corrected chi connectivity index (χ4v) is 3.13. The molecule has 0 amide bonds. The predicted octanol–water partition coefficient (Wildman–Crippen LogP) is 5.52. The molecule has 3 aromatic rings. The molecule has 0 aliphatic heterocycles. The fourth-order valence-electron chi connectivity index (χ4n) is 2.50. The highest BCUT2D eigenvalue weighted by atomic mass is 127. The highest BCUT2D eigenvalue weighted by molar-refractivity contribution is 14.1. The van der Waals surface area contributed by atoms with Crippen LogP contribution >= 0.6 is 38.5 Å². The van der Waals surface area contributed by atoms with Crippen LogP contribution in [0.1, 0.15) is 5.69 Å². The highest BCUT2D eigenvalue weighted by Crippen LogP contribution is 2.26. The minimum Gasteiger partial charge on any atom is -0.199 e. The van der Waals surface area contributed by atoms with Crippen LogP contribution in [0.2, 0.25) is 0 Å². The maximum Gasteiger partial charge on any atom is 0.213 e. The van der Waals surface area contributed by atoms with Gasteiger partial charge in [-0.3, -0.25) is 0 Å². The van der Waals surface area contributed by atoms with E-state index in [0.29, 0.717) is 0 Å². The monoisotopic (exact) mass is 464 g/mol. The van der Waals surface area contributed by atoms with Crippen molar-refractivity contribution in [1.29, 1.82) is 0 Å². The number of rotatable bonds is 2. The summed E-state index contributed by atoms with van der Waals surface area (Å²) in [5, 5.41) is 0.